The molecule has 26 heavy (non-hydrogen) atoms. The van der Waals surface area contributed by atoms with Gasteiger partial charge in [-0.3, -0.25) is 4.98 Å². The average Bonchev–Trinajstić information content (AvgIpc) is 2.61. The molecule has 2 heterocycles. The summed E-state index contributed by atoms with van der Waals surface area (Å²) in [7, 11) is -2.15. The fourth-order valence-electron chi connectivity index (χ4n) is 2.32. The number of hydrogen-bond donors (Lipinski definition) is 1. The van der Waals surface area contributed by atoms with Crippen LogP contribution in [0.15, 0.2) is 59.9 Å². The third-order valence-electron chi connectivity index (χ3n) is 3.50. The summed E-state index contributed by atoms with van der Waals surface area (Å²) < 4.78 is 18.1. The van der Waals surface area contributed by atoms with Gasteiger partial charge in [0.15, 0.2) is 4.90 Å². The number of aromatic nitrogens is 3. The molecule has 0 aliphatic heterocycles. The zero-order valence-corrected chi connectivity index (χ0v) is 15.9. The van der Waals surface area contributed by atoms with Crippen molar-refractivity contribution in [1.82, 2.24) is 15.0 Å². The highest BCUT2D eigenvalue weighted by atomic mass is 35.5. The molecule has 0 aliphatic rings. The topological polar surface area (TPSA) is 77.0 Å². The third-order valence-corrected chi connectivity index (χ3v) is 5.17. The molecule has 3 rings (SSSR count). The minimum atomic E-state index is -2.15. The van der Waals surface area contributed by atoms with Crippen molar-refractivity contribution in [3.8, 4) is 11.8 Å². The van der Waals surface area contributed by atoms with E-state index in [1.54, 1.807) is 61.4 Å². The maximum atomic E-state index is 12.5. The molecule has 2 aromatic heterocycles. The first-order valence-corrected chi connectivity index (χ1v) is 10.5. The number of nitrogens with one attached hydrogen (secondary N) is 1. The lowest BCUT2D eigenvalue weighted by Crippen LogP contribution is -2.12. The Kier molecular flexibility index (Phi) is 5.49. The monoisotopic (exact) mass is 389 g/mol. The molecule has 1 aromatic carbocycles. The van der Waals surface area contributed by atoms with Crippen LogP contribution in [0, 0.1) is 0 Å². The van der Waals surface area contributed by atoms with Crippen molar-refractivity contribution in [3.63, 3.8) is 0 Å². The lowest BCUT2D eigenvalue weighted by atomic mass is 10.2. The van der Waals surface area contributed by atoms with Crippen LogP contribution in [-0.2, 0) is 20.7 Å². The highest BCUT2D eigenvalue weighted by Gasteiger charge is 2.22. The van der Waals surface area contributed by atoms with Gasteiger partial charge in [0.1, 0.15) is 34.0 Å². The molecule has 0 atom stereocenters. The standard InChI is InChI=1S/C18H18ClN4O2S/c1-26(2,24)16-10-14(19)6-5-13(16)11-22-17-7-9-21-18(23-17)25-15-4-3-8-20-12-15/h3-10,12H,11H2,1-2H3,(H,21,22,23)/q+1. The molecule has 0 unspecified atom stereocenters. The second-order valence-electron chi connectivity index (χ2n) is 5.85. The Morgan fingerprint density at radius 3 is 2.77 bits per heavy atom. The van der Waals surface area contributed by atoms with Crippen molar-refractivity contribution in [2.45, 2.75) is 11.4 Å². The second kappa shape index (κ2) is 7.80. The lowest BCUT2D eigenvalue weighted by molar-refractivity contribution is 0.440. The third kappa shape index (κ3) is 4.77. The molecule has 0 saturated carbocycles. The Hall–Kier alpha value is -2.51. The molecule has 0 spiro atoms. The number of nitrogens with zero attached hydrogens (tertiary/aromatic N) is 3. The van der Waals surface area contributed by atoms with E-state index in [4.69, 9.17) is 16.3 Å². The van der Waals surface area contributed by atoms with Crippen LogP contribution >= 0.6 is 11.6 Å². The van der Waals surface area contributed by atoms with Gasteiger partial charge < -0.3 is 10.1 Å². The van der Waals surface area contributed by atoms with Crippen molar-refractivity contribution in [1.29, 1.82) is 0 Å². The Balaban J connectivity index is 1.75. The van der Waals surface area contributed by atoms with Gasteiger partial charge in [-0.2, -0.15) is 4.98 Å². The highest BCUT2D eigenvalue weighted by Crippen LogP contribution is 2.25. The number of ether oxygens (including phenoxy) is 1. The van der Waals surface area contributed by atoms with E-state index in [0.29, 0.717) is 23.1 Å². The van der Waals surface area contributed by atoms with Gasteiger partial charge >= 0.3 is 6.01 Å². The largest absolute Gasteiger partial charge is 0.423 e. The molecule has 0 saturated heterocycles. The smallest absolute Gasteiger partial charge is 0.323 e. The number of benzene rings is 1. The molecule has 0 aliphatic carbocycles. The van der Waals surface area contributed by atoms with Crippen LogP contribution in [0.5, 0.6) is 11.8 Å². The van der Waals surface area contributed by atoms with Crippen molar-refractivity contribution in [2.24, 2.45) is 0 Å². The van der Waals surface area contributed by atoms with Gasteiger partial charge in [-0.1, -0.05) is 17.7 Å². The fraction of sp³-hybridized carbons (Fsp3) is 0.167. The van der Waals surface area contributed by atoms with Gasteiger partial charge in [0.2, 0.25) is 0 Å². The van der Waals surface area contributed by atoms with Crippen LogP contribution in [0.1, 0.15) is 5.56 Å². The van der Waals surface area contributed by atoms with Crippen molar-refractivity contribution < 1.29 is 8.95 Å². The summed E-state index contributed by atoms with van der Waals surface area (Å²) in [6, 6.07) is 10.9. The van der Waals surface area contributed by atoms with Gasteiger partial charge in [0.05, 0.1) is 6.20 Å². The number of pyridine rings is 1. The van der Waals surface area contributed by atoms with Crippen LogP contribution in [0.2, 0.25) is 5.02 Å². The molecule has 3 aromatic rings. The minimum Gasteiger partial charge on any atom is -0.423 e. The number of hydrogen-bond acceptors (Lipinski definition) is 6. The van der Waals surface area contributed by atoms with E-state index in [-0.39, 0.29) is 6.01 Å². The molecular weight excluding hydrogens is 372 g/mol. The molecule has 8 heteroatoms. The van der Waals surface area contributed by atoms with Gasteiger partial charge in [-0.05, 0) is 24.3 Å². The first-order chi connectivity index (χ1) is 12.4. The molecule has 0 radical (unpaired) electrons. The second-order valence-corrected chi connectivity index (χ2v) is 9.20. The van der Waals surface area contributed by atoms with Crippen LogP contribution in [0.4, 0.5) is 5.82 Å². The summed E-state index contributed by atoms with van der Waals surface area (Å²) in [5, 5.41) is 3.77. The molecule has 0 fully saturated rings. The minimum absolute atomic E-state index is 0.217. The average molecular weight is 390 g/mol. The Morgan fingerprint density at radius 2 is 2.04 bits per heavy atom. The first kappa shape index (κ1) is 18.3. The van der Waals surface area contributed by atoms with E-state index < -0.39 is 9.93 Å². The van der Waals surface area contributed by atoms with E-state index in [0.717, 1.165) is 10.5 Å². The Morgan fingerprint density at radius 1 is 1.19 bits per heavy atom. The van der Waals surface area contributed by atoms with Gasteiger partial charge in [0.25, 0.3) is 0 Å². The number of halogens is 1. The predicted molar refractivity (Wildman–Crippen MR) is 103 cm³/mol. The Labute approximate surface area is 158 Å². The molecule has 134 valence electrons. The SMILES string of the molecule is C[S+](C)(=O)c1cc(Cl)ccc1CNc1ccnc(Oc2cccnc2)n1. The van der Waals surface area contributed by atoms with Crippen molar-refractivity contribution in [3.05, 3.63) is 65.6 Å². The zero-order chi connectivity index (χ0) is 18.6. The van der Waals surface area contributed by atoms with E-state index in [9.17, 15) is 4.21 Å². The predicted octanol–water partition coefficient (Wildman–Crippen LogP) is 4.05. The molecule has 0 bridgehead atoms. The van der Waals surface area contributed by atoms with E-state index in [1.807, 2.05) is 6.07 Å². The summed E-state index contributed by atoms with van der Waals surface area (Å²) in [5.74, 6) is 1.15. The number of anilines is 1. The van der Waals surface area contributed by atoms with Crippen molar-refractivity contribution >= 4 is 27.4 Å². The van der Waals surface area contributed by atoms with Crippen LogP contribution in [0.3, 0.4) is 0 Å². The van der Waals surface area contributed by atoms with Crippen molar-refractivity contribution in [2.75, 3.05) is 17.8 Å². The maximum absolute atomic E-state index is 12.5. The first-order valence-electron chi connectivity index (χ1n) is 7.79. The van der Waals surface area contributed by atoms with E-state index >= 15 is 0 Å². The van der Waals surface area contributed by atoms with Gasteiger partial charge in [-0.25, -0.2) is 4.98 Å². The quantitative estimate of drug-likeness (QED) is 0.641. The van der Waals surface area contributed by atoms with Gasteiger partial charge in [0, 0.05) is 35.6 Å². The number of rotatable bonds is 6. The highest BCUT2D eigenvalue weighted by molar-refractivity contribution is 8.01. The van der Waals surface area contributed by atoms with Crippen LogP contribution in [-0.4, -0.2) is 27.5 Å². The van der Waals surface area contributed by atoms with Crippen LogP contribution in [0.25, 0.3) is 0 Å². The molecular formula is C18H18ClN4O2S+. The summed E-state index contributed by atoms with van der Waals surface area (Å²) >= 11 is 6.05. The van der Waals surface area contributed by atoms with Gasteiger partial charge in [-0.15, -0.1) is 4.21 Å². The summed E-state index contributed by atoms with van der Waals surface area (Å²) in [5.41, 5.74) is 0.901. The fourth-order valence-corrected chi connectivity index (χ4v) is 3.74. The summed E-state index contributed by atoms with van der Waals surface area (Å²) in [6.07, 6.45) is 8.25. The normalized spacial score (nSPS) is 11.2. The van der Waals surface area contributed by atoms with E-state index in [1.165, 1.54) is 0 Å². The molecule has 6 nitrogen and oxygen atoms in total. The lowest BCUT2D eigenvalue weighted by Gasteiger charge is -2.11. The van der Waals surface area contributed by atoms with E-state index in [2.05, 4.69) is 20.3 Å². The Bertz CT molecular complexity index is 947. The zero-order valence-electron chi connectivity index (χ0n) is 14.3. The molecule has 0 amide bonds. The van der Waals surface area contributed by atoms with Crippen LogP contribution < -0.4 is 10.1 Å². The summed E-state index contributed by atoms with van der Waals surface area (Å²) in [4.78, 5) is 13.1. The summed E-state index contributed by atoms with van der Waals surface area (Å²) in [6.45, 7) is 0.453. The molecule has 1 N–H and O–H groups in total. The maximum Gasteiger partial charge on any atom is 0.323 e.